The minimum atomic E-state index is -3.65. The Morgan fingerprint density at radius 3 is 1.92 bits per heavy atom. The minimum absolute atomic E-state index is 0.143. The number of benzene rings is 2. The van der Waals surface area contributed by atoms with E-state index in [9.17, 15) is 47.4 Å². The van der Waals surface area contributed by atoms with Crippen LogP contribution < -0.4 is 21.3 Å². The van der Waals surface area contributed by atoms with E-state index in [0.717, 1.165) is 28.9 Å². The molecule has 0 heterocycles. The summed E-state index contributed by atoms with van der Waals surface area (Å²) in [6.45, 7) is 3.10. The lowest BCUT2D eigenvalue weighted by Crippen LogP contribution is -2.60. The summed E-state index contributed by atoms with van der Waals surface area (Å²) < 4.78 is 28.4. The molecule has 0 spiro atoms. The van der Waals surface area contributed by atoms with E-state index in [1.807, 2.05) is 24.3 Å². The summed E-state index contributed by atoms with van der Waals surface area (Å²) in [6.07, 6.45) is 0.137. The molecule has 2 aromatic carbocycles. The highest BCUT2D eigenvalue weighted by Gasteiger charge is 2.38. The van der Waals surface area contributed by atoms with Crippen LogP contribution in [0.2, 0.25) is 0 Å². The Morgan fingerprint density at radius 1 is 0.800 bits per heavy atom. The smallest absolute Gasteiger partial charge is 0.408 e. The zero-order valence-corrected chi connectivity index (χ0v) is 28.6. The molecule has 0 bridgehead atoms. The van der Waals surface area contributed by atoms with Gasteiger partial charge in [0.15, 0.2) is 9.84 Å². The van der Waals surface area contributed by atoms with Gasteiger partial charge < -0.3 is 36.2 Å². The molecule has 0 radical (unpaired) electrons. The van der Waals surface area contributed by atoms with Crippen LogP contribution in [0.25, 0.3) is 0 Å². The van der Waals surface area contributed by atoms with Gasteiger partial charge in [0, 0.05) is 11.7 Å². The number of sulfone groups is 1. The summed E-state index contributed by atoms with van der Waals surface area (Å²) in [7, 11) is -3.65. The van der Waals surface area contributed by atoms with Gasteiger partial charge in [0.1, 0.15) is 24.7 Å². The summed E-state index contributed by atoms with van der Waals surface area (Å²) in [6, 6.07) is 10.7. The largest absolute Gasteiger partial charge is 0.481 e. The molecule has 0 saturated carbocycles. The second kappa shape index (κ2) is 17.9. The predicted octanol–water partition coefficient (Wildman–Crippen LogP) is 1.31. The molecule has 0 aliphatic heterocycles. The maximum Gasteiger partial charge on any atom is 0.408 e. The van der Waals surface area contributed by atoms with Crippen LogP contribution in [0.5, 0.6) is 0 Å². The number of carbonyl (C=O) groups is 6. The summed E-state index contributed by atoms with van der Waals surface area (Å²) in [5.41, 5.74) is 2.52. The summed E-state index contributed by atoms with van der Waals surface area (Å²) in [4.78, 5) is 76.6. The quantitative estimate of drug-likeness (QED) is 0.137. The van der Waals surface area contributed by atoms with Crippen LogP contribution >= 0.6 is 0 Å². The van der Waals surface area contributed by atoms with E-state index in [1.54, 1.807) is 44.2 Å². The fraction of sp³-hybridized carbons (Fsp3) is 0.412. The molecule has 0 aromatic heterocycles. The monoisotopic (exact) mass is 714 g/mol. The highest BCUT2D eigenvalue weighted by molar-refractivity contribution is 7.93. The first kappa shape index (κ1) is 39.2. The van der Waals surface area contributed by atoms with Gasteiger partial charge in [-0.2, -0.15) is 0 Å². The molecular weight excluding hydrogens is 672 g/mol. The van der Waals surface area contributed by atoms with Crippen LogP contribution in [0.15, 0.2) is 66.1 Å². The third-order valence-corrected chi connectivity index (χ3v) is 8.51. The molecule has 270 valence electrons. The zero-order valence-electron chi connectivity index (χ0n) is 27.8. The lowest BCUT2D eigenvalue weighted by Gasteiger charge is -2.30. The van der Waals surface area contributed by atoms with Crippen molar-refractivity contribution >= 4 is 45.6 Å². The number of carboxylic acid groups (broad SMARTS) is 2. The van der Waals surface area contributed by atoms with Crippen molar-refractivity contribution in [2.75, 3.05) is 6.26 Å². The van der Waals surface area contributed by atoms with Gasteiger partial charge >= 0.3 is 18.0 Å². The first-order chi connectivity index (χ1) is 23.5. The molecule has 0 fully saturated rings. The van der Waals surface area contributed by atoms with Crippen molar-refractivity contribution < 1.29 is 52.1 Å². The lowest BCUT2D eigenvalue weighted by atomic mass is 9.93. The SMILES string of the molecule is CC(C)[C@H](NC(=O)C(NC(=O)[C@H](CC(=O)O)NC(=O)OCc1ccccc1)C1Cc2ccccc2C1)C(=O)N[C@H](/C=C/S(C)(=O)=O)CC(=O)O. The lowest BCUT2D eigenvalue weighted by molar-refractivity contribution is -0.140. The molecular formula is C34H42N4O11S. The Labute approximate surface area is 289 Å². The molecule has 1 aliphatic carbocycles. The molecule has 6 N–H and O–H groups in total. The predicted molar refractivity (Wildman–Crippen MR) is 180 cm³/mol. The Bertz CT molecular complexity index is 1670. The van der Waals surface area contributed by atoms with E-state index < -0.39 is 94.4 Å². The van der Waals surface area contributed by atoms with Crippen molar-refractivity contribution in [1.82, 2.24) is 21.3 Å². The summed E-state index contributed by atoms with van der Waals surface area (Å²) in [5.74, 6) is -6.35. The van der Waals surface area contributed by atoms with Crippen molar-refractivity contribution in [2.24, 2.45) is 11.8 Å². The number of amides is 4. The second-order valence-electron chi connectivity index (χ2n) is 12.4. The Hall–Kier alpha value is -5.25. The van der Waals surface area contributed by atoms with E-state index in [2.05, 4.69) is 21.3 Å². The Balaban J connectivity index is 1.83. The molecule has 2 aromatic rings. The fourth-order valence-corrected chi connectivity index (χ4v) is 5.89. The number of hydrogen-bond donors (Lipinski definition) is 6. The van der Waals surface area contributed by atoms with Gasteiger partial charge in [-0.3, -0.25) is 24.0 Å². The van der Waals surface area contributed by atoms with E-state index in [0.29, 0.717) is 18.4 Å². The highest BCUT2D eigenvalue weighted by atomic mass is 32.2. The van der Waals surface area contributed by atoms with Gasteiger partial charge in [-0.15, -0.1) is 0 Å². The number of alkyl carbamates (subject to hydrolysis) is 1. The second-order valence-corrected chi connectivity index (χ2v) is 14.3. The molecule has 4 amide bonds. The van der Waals surface area contributed by atoms with Crippen molar-refractivity contribution in [1.29, 1.82) is 0 Å². The average Bonchev–Trinajstić information content (AvgIpc) is 3.47. The van der Waals surface area contributed by atoms with Crippen LogP contribution in [-0.2, 0) is 58.0 Å². The molecule has 4 atom stereocenters. The van der Waals surface area contributed by atoms with Crippen LogP contribution in [0.4, 0.5) is 4.79 Å². The molecule has 3 rings (SSSR count). The van der Waals surface area contributed by atoms with Gasteiger partial charge in [0.05, 0.1) is 18.9 Å². The molecule has 0 saturated heterocycles. The fourth-order valence-electron chi connectivity index (χ4n) is 5.41. The number of fused-ring (bicyclic) bond motifs is 1. The van der Waals surface area contributed by atoms with Gasteiger partial charge in [-0.05, 0) is 41.4 Å². The summed E-state index contributed by atoms with van der Waals surface area (Å²) >= 11 is 0. The van der Waals surface area contributed by atoms with Crippen LogP contribution in [-0.4, -0.2) is 84.8 Å². The average molecular weight is 715 g/mol. The van der Waals surface area contributed by atoms with Crippen LogP contribution in [0.3, 0.4) is 0 Å². The van der Waals surface area contributed by atoms with Gasteiger partial charge in [0.25, 0.3) is 0 Å². The first-order valence-electron chi connectivity index (χ1n) is 15.8. The molecule has 16 heteroatoms. The normalized spacial score (nSPS) is 15.3. The molecule has 15 nitrogen and oxygen atoms in total. The first-order valence-corrected chi connectivity index (χ1v) is 17.7. The van der Waals surface area contributed by atoms with E-state index in [1.165, 1.54) is 0 Å². The molecule has 50 heavy (non-hydrogen) atoms. The number of carbonyl (C=O) groups excluding carboxylic acids is 4. The van der Waals surface area contributed by atoms with Crippen molar-refractivity contribution in [2.45, 2.75) is 70.3 Å². The highest BCUT2D eigenvalue weighted by Crippen LogP contribution is 2.29. The van der Waals surface area contributed by atoms with E-state index in [-0.39, 0.29) is 6.61 Å². The number of rotatable bonds is 17. The number of nitrogens with one attached hydrogen (secondary N) is 4. The van der Waals surface area contributed by atoms with Crippen molar-refractivity contribution in [3.63, 3.8) is 0 Å². The number of carboxylic acids is 2. The Kier molecular flexibility index (Phi) is 14.1. The van der Waals surface area contributed by atoms with Gasteiger partial charge in [-0.1, -0.05) is 74.5 Å². The third-order valence-electron chi connectivity index (χ3n) is 7.86. The minimum Gasteiger partial charge on any atom is -0.481 e. The van der Waals surface area contributed by atoms with Crippen LogP contribution in [0, 0.1) is 11.8 Å². The standard InChI is InChI=1S/C34H42N4O11S/c1-20(2)29(32(44)35-25(17-27(39)40)13-14-50(3,47)48)37-33(45)30(24-15-22-11-7-8-12-23(22)16-24)38-31(43)26(18-28(41)42)36-34(46)49-19-21-9-5-4-6-10-21/h4-14,20,24-26,29-30H,15-19H2,1-3H3,(H,35,44)(H,36,46)(H,37,45)(H,38,43)(H,39,40)(H,41,42)/b14-13+/t25-,26+,29+,30?/m1/s1. The van der Waals surface area contributed by atoms with Crippen LogP contribution in [0.1, 0.15) is 43.4 Å². The Morgan fingerprint density at radius 2 is 1.38 bits per heavy atom. The van der Waals surface area contributed by atoms with Crippen molar-refractivity contribution in [3.05, 3.63) is 82.8 Å². The van der Waals surface area contributed by atoms with Gasteiger partial charge in [0.2, 0.25) is 17.7 Å². The van der Waals surface area contributed by atoms with E-state index in [4.69, 9.17) is 4.74 Å². The summed E-state index contributed by atoms with van der Waals surface area (Å²) in [5, 5.41) is 29.5. The maximum atomic E-state index is 14.0. The van der Waals surface area contributed by atoms with E-state index >= 15 is 0 Å². The third kappa shape index (κ3) is 12.7. The number of aliphatic carboxylic acids is 2. The van der Waals surface area contributed by atoms with Gasteiger partial charge in [-0.25, -0.2) is 13.2 Å². The molecule has 1 unspecified atom stereocenters. The van der Waals surface area contributed by atoms with Crippen molar-refractivity contribution in [3.8, 4) is 0 Å². The number of ether oxygens (including phenoxy) is 1. The zero-order chi connectivity index (χ0) is 37.0. The topological polar surface area (TPSA) is 234 Å². The number of hydrogen-bond acceptors (Lipinski definition) is 9. The maximum absolute atomic E-state index is 14.0. The molecule has 1 aliphatic rings.